The van der Waals surface area contributed by atoms with Crippen LogP contribution in [-0.2, 0) is 15.2 Å². The van der Waals surface area contributed by atoms with Crippen LogP contribution in [0.2, 0.25) is 0 Å². The zero-order valence-corrected chi connectivity index (χ0v) is 26.8. The Bertz CT molecular complexity index is 1800. The maximum atomic E-state index is 13.0. The lowest BCUT2D eigenvalue weighted by Gasteiger charge is -2.39. The molecule has 1 heterocycles. The molecule has 0 bridgehead atoms. The van der Waals surface area contributed by atoms with Crippen LogP contribution in [0.1, 0.15) is 29.0 Å². The van der Waals surface area contributed by atoms with Gasteiger partial charge in [-0.15, -0.1) is 0 Å². The molecule has 3 N–H and O–H groups in total. The summed E-state index contributed by atoms with van der Waals surface area (Å²) in [6, 6.07) is 32.9. The number of benzene rings is 4. The largest absolute Gasteiger partial charge is 0.545 e. The molecule has 5 aromatic rings. The van der Waals surface area contributed by atoms with Crippen molar-refractivity contribution >= 4 is 49.5 Å². The van der Waals surface area contributed by atoms with Gasteiger partial charge in [-0.1, -0.05) is 88.7 Å². The van der Waals surface area contributed by atoms with Crippen molar-refractivity contribution in [3.63, 3.8) is 0 Å². The lowest BCUT2D eigenvalue weighted by atomic mass is 9.70. The predicted octanol–water partition coefficient (Wildman–Crippen LogP) is 4.09. The highest BCUT2D eigenvalue weighted by Gasteiger charge is 2.43. The van der Waals surface area contributed by atoms with Crippen molar-refractivity contribution < 1.29 is 34.5 Å². The minimum atomic E-state index is -1.51. The second-order valence-corrected chi connectivity index (χ2v) is 11.8. The number of rotatable bonds is 10. The van der Waals surface area contributed by atoms with Gasteiger partial charge >= 0.3 is 5.97 Å². The molecule has 1 aromatic heterocycles. The van der Waals surface area contributed by atoms with E-state index >= 15 is 0 Å². The van der Waals surface area contributed by atoms with Gasteiger partial charge in [0, 0.05) is 33.8 Å². The standard InChI is InChI=1S/C32H31BrN2O2.C4H4O4/c1-35(2)19-18-32(36,28-15-9-13-22-10-7-8-14-26(22)28)30(23-11-5-4-6-12-23)27-21-24-20-25(33)16-17-29(24)34-31(27)37-3;5-3(6)1-2-4(7)8/h4-17,20-21,30,36H,18-19H2,1-3H3;1-2H,(H,5,6)(H,7,8)/b;2-1-/t30-,32-;/m1./s1. The van der Waals surface area contributed by atoms with Crippen molar-refractivity contribution in [2.45, 2.75) is 17.9 Å². The third-order valence-corrected chi connectivity index (χ3v) is 8.00. The van der Waals surface area contributed by atoms with Crippen molar-refractivity contribution in [3.8, 4) is 5.88 Å². The van der Waals surface area contributed by atoms with Crippen molar-refractivity contribution in [2.75, 3.05) is 27.7 Å². The number of quaternary nitrogens is 1. The molecule has 2 atom stereocenters. The van der Waals surface area contributed by atoms with Gasteiger partial charge in [0.1, 0.15) is 5.60 Å². The van der Waals surface area contributed by atoms with E-state index in [9.17, 15) is 19.8 Å². The minimum Gasteiger partial charge on any atom is -0.545 e. The first-order chi connectivity index (χ1) is 21.5. The van der Waals surface area contributed by atoms with Gasteiger partial charge in [-0.05, 0) is 52.2 Å². The van der Waals surface area contributed by atoms with E-state index in [4.69, 9.17) is 14.8 Å². The SMILES string of the molecule is COc1nc2ccc(Br)cc2cc1[C@@H](c1ccccc1)[C@@](O)(CC[NH+](C)C)c1cccc2ccccc12.O=C([O-])/C=C\C(=O)O. The van der Waals surface area contributed by atoms with Crippen LogP contribution in [0.3, 0.4) is 0 Å². The van der Waals surface area contributed by atoms with Gasteiger partial charge in [0.25, 0.3) is 0 Å². The van der Waals surface area contributed by atoms with E-state index in [1.54, 1.807) is 7.11 Å². The van der Waals surface area contributed by atoms with Crippen LogP contribution in [-0.4, -0.2) is 54.9 Å². The number of fused-ring (bicyclic) bond motifs is 2. The molecule has 0 saturated heterocycles. The second-order valence-electron chi connectivity index (χ2n) is 10.9. The first-order valence-electron chi connectivity index (χ1n) is 14.3. The highest BCUT2D eigenvalue weighted by Crippen LogP contribution is 2.48. The molecule has 0 unspecified atom stereocenters. The average Bonchev–Trinajstić information content (AvgIpc) is 3.03. The number of carboxylic acids is 2. The normalized spacial score (nSPS) is 13.3. The Kier molecular flexibility index (Phi) is 11.1. The van der Waals surface area contributed by atoms with Crippen molar-refractivity contribution in [2.24, 2.45) is 0 Å². The van der Waals surface area contributed by atoms with E-state index in [0.29, 0.717) is 24.5 Å². The number of methoxy groups -OCH3 is 1. The van der Waals surface area contributed by atoms with E-state index in [2.05, 4.69) is 78.6 Å². The Morgan fingerprint density at radius 2 is 1.64 bits per heavy atom. The van der Waals surface area contributed by atoms with Crippen molar-refractivity contribution in [3.05, 3.63) is 130 Å². The molecule has 9 heteroatoms. The monoisotopic (exact) mass is 670 g/mol. The Hall–Kier alpha value is -4.57. The quantitative estimate of drug-likeness (QED) is 0.191. The van der Waals surface area contributed by atoms with Crippen molar-refractivity contribution in [1.82, 2.24) is 4.98 Å². The fraction of sp³-hybridized carbons (Fsp3) is 0.194. The Morgan fingerprint density at radius 3 is 2.29 bits per heavy atom. The van der Waals surface area contributed by atoms with Crippen LogP contribution in [0.4, 0.5) is 0 Å². The number of nitrogens with one attached hydrogen (secondary N) is 1. The molecular weight excluding hydrogens is 636 g/mol. The number of carbonyl (C=O) groups excluding carboxylic acids is 1. The van der Waals surface area contributed by atoms with E-state index < -0.39 is 23.5 Å². The summed E-state index contributed by atoms with van der Waals surface area (Å²) in [6.45, 7) is 0.790. The maximum absolute atomic E-state index is 13.0. The summed E-state index contributed by atoms with van der Waals surface area (Å²) in [5.41, 5.74) is 2.41. The van der Waals surface area contributed by atoms with Crippen LogP contribution >= 0.6 is 15.9 Å². The third-order valence-electron chi connectivity index (χ3n) is 7.51. The number of nitrogens with zero attached hydrogens (tertiary/aromatic N) is 1. The first kappa shape index (κ1) is 33.3. The summed E-state index contributed by atoms with van der Waals surface area (Å²) in [4.78, 5) is 25.1. The van der Waals surface area contributed by atoms with Gasteiger partial charge in [0.2, 0.25) is 5.88 Å². The van der Waals surface area contributed by atoms with E-state index in [-0.39, 0.29) is 0 Å². The van der Waals surface area contributed by atoms with Gasteiger partial charge < -0.3 is 29.8 Å². The number of ether oxygens (including phenoxy) is 1. The molecule has 4 aromatic carbocycles. The molecular formula is C36H35BrN2O6. The molecule has 0 aliphatic heterocycles. The summed E-state index contributed by atoms with van der Waals surface area (Å²) in [6.07, 6.45) is 1.50. The number of carboxylic acid groups (broad SMARTS) is 2. The van der Waals surface area contributed by atoms with Crippen LogP contribution < -0.4 is 14.7 Å². The summed E-state index contributed by atoms with van der Waals surface area (Å²) in [7, 11) is 5.90. The highest BCUT2D eigenvalue weighted by atomic mass is 79.9. The summed E-state index contributed by atoms with van der Waals surface area (Å²) in [5, 5.41) is 33.4. The molecule has 232 valence electrons. The van der Waals surface area contributed by atoms with Gasteiger partial charge in [-0.2, -0.15) is 0 Å². The smallest absolute Gasteiger partial charge is 0.328 e. The Morgan fingerprint density at radius 1 is 0.956 bits per heavy atom. The number of pyridine rings is 1. The summed E-state index contributed by atoms with van der Waals surface area (Å²) >= 11 is 3.61. The fourth-order valence-electron chi connectivity index (χ4n) is 5.49. The highest BCUT2D eigenvalue weighted by molar-refractivity contribution is 9.10. The summed E-state index contributed by atoms with van der Waals surface area (Å²) < 4.78 is 6.87. The third kappa shape index (κ3) is 8.13. The number of aromatic nitrogens is 1. The minimum absolute atomic E-state index is 0.412. The second kappa shape index (κ2) is 14.9. The molecule has 0 aliphatic rings. The van der Waals surface area contributed by atoms with Gasteiger partial charge in [0.15, 0.2) is 0 Å². The topological polar surface area (TPSA) is 124 Å². The lowest BCUT2D eigenvalue weighted by Crippen LogP contribution is -3.05. The number of hydrogen-bond acceptors (Lipinski definition) is 6. The molecule has 0 fully saturated rings. The van der Waals surface area contributed by atoms with Crippen LogP contribution in [0, 0.1) is 0 Å². The zero-order valence-electron chi connectivity index (χ0n) is 25.2. The number of carbonyl (C=O) groups is 2. The number of halogens is 1. The van der Waals surface area contributed by atoms with Gasteiger partial charge in [0.05, 0.1) is 39.2 Å². The van der Waals surface area contributed by atoms with Crippen LogP contribution in [0.15, 0.2) is 114 Å². The molecule has 45 heavy (non-hydrogen) atoms. The number of aliphatic hydroxyl groups is 1. The number of hydrogen-bond donors (Lipinski definition) is 3. The molecule has 0 spiro atoms. The van der Waals surface area contributed by atoms with Crippen LogP contribution in [0.5, 0.6) is 5.88 Å². The molecule has 0 amide bonds. The Labute approximate surface area is 270 Å². The first-order valence-corrected chi connectivity index (χ1v) is 15.1. The van der Waals surface area contributed by atoms with Crippen LogP contribution in [0.25, 0.3) is 21.7 Å². The number of aliphatic carboxylic acids is 2. The summed E-state index contributed by atoms with van der Waals surface area (Å²) in [5.74, 6) is -2.69. The van der Waals surface area contributed by atoms with Gasteiger partial charge in [-0.3, -0.25) is 0 Å². The molecule has 0 radical (unpaired) electrons. The lowest BCUT2D eigenvalue weighted by molar-refractivity contribution is -0.859. The molecule has 5 rings (SSSR count). The van der Waals surface area contributed by atoms with E-state index in [1.165, 1.54) is 4.90 Å². The molecule has 0 aliphatic carbocycles. The zero-order chi connectivity index (χ0) is 32.6. The van der Waals surface area contributed by atoms with E-state index in [0.717, 1.165) is 49.4 Å². The fourth-order valence-corrected chi connectivity index (χ4v) is 5.87. The van der Waals surface area contributed by atoms with Crippen molar-refractivity contribution in [1.29, 1.82) is 0 Å². The maximum Gasteiger partial charge on any atom is 0.328 e. The Balaban J connectivity index is 0.000000510. The molecule has 0 saturated carbocycles. The average molecular weight is 672 g/mol. The van der Waals surface area contributed by atoms with E-state index in [1.807, 2.05) is 48.5 Å². The predicted molar refractivity (Wildman–Crippen MR) is 176 cm³/mol. The molecule has 8 nitrogen and oxygen atoms in total. The van der Waals surface area contributed by atoms with Gasteiger partial charge in [-0.25, -0.2) is 9.78 Å².